The van der Waals surface area contributed by atoms with E-state index in [1.165, 1.54) is 0 Å². The molecule has 1 N–H and O–H groups in total. The van der Waals surface area contributed by atoms with Crippen LogP contribution in [0.4, 0.5) is 5.69 Å². The number of esters is 2. The van der Waals surface area contributed by atoms with Crippen LogP contribution in [-0.2, 0) is 34.4 Å². The van der Waals surface area contributed by atoms with Gasteiger partial charge in [-0.15, -0.1) is 0 Å². The fourth-order valence-corrected chi connectivity index (χ4v) is 3.66. The minimum atomic E-state index is -2.21. The van der Waals surface area contributed by atoms with Gasteiger partial charge in [-0.3, -0.25) is 14.4 Å². The third-order valence-electron chi connectivity index (χ3n) is 4.99. The Morgan fingerprint density at radius 1 is 0.818 bits per heavy atom. The number of cyclic esters (lactones) is 1. The van der Waals surface area contributed by atoms with Gasteiger partial charge in [-0.2, -0.15) is 0 Å². The van der Waals surface area contributed by atoms with Gasteiger partial charge in [0.1, 0.15) is 5.57 Å². The average molecular weight is 441 g/mol. The summed E-state index contributed by atoms with van der Waals surface area (Å²) in [5, 5.41) is 2.74. The summed E-state index contributed by atoms with van der Waals surface area (Å²) in [6, 6.07) is 25.1. The molecule has 7 nitrogen and oxygen atoms in total. The van der Waals surface area contributed by atoms with Crippen molar-refractivity contribution >= 4 is 34.9 Å². The van der Waals surface area contributed by atoms with Gasteiger partial charge in [0.25, 0.3) is 11.7 Å². The molecule has 0 aliphatic carbocycles. The fourth-order valence-electron chi connectivity index (χ4n) is 3.66. The number of carbonyl (C=O) groups is 4. The molecule has 7 heteroatoms. The maximum atomic E-state index is 13.5. The Kier molecular flexibility index (Phi) is 5.87. The molecule has 33 heavy (non-hydrogen) atoms. The third-order valence-corrected chi connectivity index (χ3v) is 4.99. The molecule has 164 valence electrons. The zero-order valence-corrected chi connectivity index (χ0v) is 17.6. The first-order valence-corrected chi connectivity index (χ1v) is 10.1. The average Bonchev–Trinajstić information content (AvgIpc) is 3.06. The molecule has 0 saturated carbocycles. The van der Waals surface area contributed by atoms with Crippen molar-refractivity contribution in [3.05, 3.63) is 108 Å². The second kappa shape index (κ2) is 8.92. The highest BCUT2D eigenvalue weighted by atomic mass is 16.7. The molecule has 3 aromatic rings. The van der Waals surface area contributed by atoms with Crippen LogP contribution in [0.5, 0.6) is 0 Å². The fraction of sp³-hybridized carbons (Fsp3) is 0.0769. The van der Waals surface area contributed by atoms with E-state index in [0.717, 1.165) is 6.92 Å². The highest BCUT2D eigenvalue weighted by molar-refractivity contribution is 6.48. The lowest BCUT2D eigenvalue weighted by Gasteiger charge is -2.29. The van der Waals surface area contributed by atoms with Crippen LogP contribution in [0.3, 0.4) is 0 Å². The summed E-state index contributed by atoms with van der Waals surface area (Å²) in [6.07, 6.45) is 0. The number of para-hydroxylation sites is 1. The molecule has 0 bridgehead atoms. The SMILES string of the molecule is CC(=O)O[C@]1(c2ccccc2)OC(=O)C(=O)/C1=C(\C(=O)Nc1ccccc1)c1ccccc1. The van der Waals surface area contributed by atoms with E-state index in [1.807, 2.05) is 0 Å². The number of rotatable bonds is 5. The maximum Gasteiger partial charge on any atom is 0.383 e. The van der Waals surface area contributed by atoms with E-state index in [9.17, 15) is 19.2 Å². The molecule has 0 radical (unpaired) electrons. The minimum absolute atomic E-state index is 0.139. The number of Topliss-reactive ketones (excluding diaryl/α,β-unsaturated/α-hetero) is 1. The lowest BCUT2D eigenvalue weighted by Crippen LogP contribution is -2.35. The van der Waals surface area contributed by atoms with Crippen LogP contribution in [0.1, 0.15) is 18.1 Å². The molecule has 1 atom stereocenters. The van der Waals surface area contributed by atoms with Crippen molar-refractivity contribution < 1.29 is 28.7 Å². The van der Waals surface area contributed by atoms with Gasteiger partial charge < -0.3 is 14.8 Å². The van der Waals surface area contributed by atoms with E-state index >= 15 is 0 Å². The van der Waals surface area contributed by atoms with Gasteiger partial charge in [-0.25, -0.2) is 4.79 Å². The highest BCUT2D eigenvalue weighted by Crippen LogP contribution is 2.45. The molecule has 3 aromatic carbocycles. The number of ketones is 1. The summed E-state index contributed by atoms with van der Waals surface area (Å²) >= 11 is 0. The van der Waals surface area contributed by atoms with E-state index in [0.29, 0.717) is 11.3 Å². The van der Waals surface area contributed by atoms with Crippen LogP contribution in [-0.4, -0.2) is 23.6 Å². The van der Waals surface area contributed by atoms with Crippen molar-refractivity contribution in [2.45, 2.75) is 12.7 Å². The normalized spacial score (nSPS) is 18.9. The van der Waals surface area contributed by atoms with Gasteiger partial charge in [0, 0.05) is 18.2 Å². The Morgan fingerprint density at radius 2 is 1.36 bits per heavy atom. The highest BCUT2D eigenvalue weighted by Gasteiger charge is 2.58. The molecule has 1 saturated heterocycles. The van der Waals surface area contributed by atoms with E-state index in [4.69, 9.17) is 9.47 Å². The van der Waals surface area contributed by atoms with E-state index < -0.39 is 29.4 Å². The van der Waals surface area contributed by atoms with Crippen molar-refractivity contribution in [2.24, 2.45) is 0 Å². The Balaban J connectivity index is 2.01. The number of carbonyl (C=O) groups excluding carboxylic acids is 4. The maximum absolute atomic E-state index is 13.5. The zero-order chi connectivity index (χ0) is 23.4. The van der Waals surface area contributed by atoms with Crippen molar-refractivity contribution in [1.82, 2.24) is 0 Å². The molecule has 0 spiro atoms. The smallest absolute Gasteiger partial charge is 0.383 e. The van der Waals surface area contributed by atoms with Crippen molar-refractivity contribution in [2.75, 3.05) is 5.32 Å². The summed E-state index contributed by atoms with van der Waals surface area (Å²) in [7, 11) is 0. The summed E-state index contributed by atoms with van der Waals surface area (Å²) in [4.78, 5) is 51.3. The van der Waals surface area contributed by atoms with Crippen molar-refractivity contribution in [1.29, 1.82) is 0 Å². The molecule has 1 aliphatic rings. The molecule has 1 heterocycles. The number of anilines is 1. The molecule has 0 aromatic heterocycles. The molecule has 1 fully saturated rings. The summed E-state index contributed by atoms with van der Waals surface area (Å²) in [6.45, 7) is 1.13. The van der Waals surface area contributed by atoms with E-state index in [2.05, 4.69) is 5.32 Å². The summed E-state index contributed by atoms with van der Waals surface area (Å²) < 4.78 is 10.9. The first-order chi connectivity index (χ1) is 15.9. The van der Waals surface area contributed by atoms with Gasteiger partial charge in [-0.05, 0) is 17.7 Å². The van der Waals surface area contributed by atoms with Gasteiger partial charge >= 0.3 is 17.7 Å². The number of hydrogen-bond acceptors (Lipinski definition) is 6. The number of amides is 1. The topological polar surface area (TPSA) is 98.8 Å². The molecule has 0 unspecified atom stereocenters. The first kappa shape index (κ1) is 21.7. The Bertz CT molecular complexity index is 1250. The van der Waals surface area contributed by atoms with Crippen molar-refractivity contribution in [3.63, 3.8) is 0 Å². The zero-order valence-electron chi connectivity index (χ0n) is 17.6. The predicted molar refractivity (Wildman–Crippen MR) is 119 cm³/mol. The Hall–Kier alpha value is -4.52. The molecule has 1 amide bonds. The molecular formula is C26H19NO6. The Morgan fingerprint density at radius 3 is 1.94 bits per heavy atom. The van der Waals surface area contributed by atoms with E-state index in [1.54, 1.807) is 91.0 Å². The van der Waals surface area contributed by atoms with Gasteiger partial charge in [0.05, 0.1) is 5.57 Å². The van der Waals surface area contributed by atoms with Gasteiger partial charge in [-0.1, -0.05) is 78.9 Å². The van der Waals surface area contributed by atoms with Gasteiger partial charge in [0.15, 0.2) is 0 Å². The largest absolute Gasteiger partial charge is 0.414 e. The molecular weight excluding hydrogens is 422 g/mol. The minimum Gasteiger partial charge on any atom is -0.414 e. The van der Waals surface area contributed by atoms with Crippen molar-refractivity contribution in [3.8, 4) is 0 Å². The lowest BCUT2D eigenvalue weighted by molar-refractivity contribution is -0.206. The first-order valence-electron chi connectivity index (χ1n) is 10.1. The number of nitrogens with one attached hydrogen (secondary N) is 1. The number of ether oxygens (including phenoxy) is 2. The summed E-state index contributed by atoms with van der Waals surface area (Å²) in [5.41, 5.74) is 0.538. The molecule has 1 aliphatic heterocycles. The van der Waals surface area contributed by atoms with Crippen LogP contribution < -0.4 is 5.32 Å². The lowest BCUT2D eigenvalue weighted by atomic mass is 9.88. The van der Waals surface area contributed by atoms with E-state index in [-0.39, 0.29) is 16.7 Å². The van der Waals surface area contributed by atoms with Crippen LogP contribution in [0, 0.1) is 0 Å². The standard InChI is InChI=1S/C26H19NO6/c1-17(28)32-26(19-13-7-3-8-14-19)22(23(29)25(31)33-26)21(18-11-5-2-6-12-18)24(30)27-20-15-9-4-10-16-20/h2-16H,1H3,(H,27,30)/b22-21+/t26-/m1/s1. The molecule has 4 rings (SSSR count). The van der Waals surface area contributed by atoms with Gasteiger partial charge in [0.2, 0.25) is 0 Å². The summed E-state index contributed by atoms with van der Waals surface area (Å²) in [5.74, 6) is -5.96. The van der Waals surface area contributed by atoms with Crippen LogP contribution in [0.25, 0.3) is 5.57 Å². The third kappa shape index (κ3) is 4.16. The van der Waals surface area contributed by atoms with Crippen LogP contribution in [0.15, 0.2) is 96.6 Å². The predicted octanol–water partition coefficient (Wildman–Crippen LogP) is 3.62. The number of benzene rings is 3. The second-order valence-electron chi connectivity index (χ2n) is 7.23. The Labute approximate surface area is 189 Å². The number of hydrogen-bond donors (Lipinski definition) is 1. The quantitative estimate of drug-likeness (QED) is 0.369. The monoisotopic (exact) mass is 441 g/mol. The van der Waals surface area contributed by atoms with Crippen LogP contribution >= 0.6 is 0 Å². The second-order valence-corrected chi connectivity index (χ2v) is 7.23. The van der Waals surface area contributed by atoms with Crippen LogP contribution in [0.2, 0.25) is 0 Å².